The van der Waals surface area contributed by atoms with Gasteiger partial charge in [0.05, 0.1) is 17.1 Å². The van der Waals surface area contributed by atoms with Crippen molar-refractivity contribution in [2.45, 2.75) is 19.9 Å². The van der Waals surface area contributed by atoms with E-state index in [0.29, 0.717) is 28.3 Å². The van der Waals surface area contributed by atoms with Crippen LogP contribution >= 0.6 is 22.9 Å². The maximum absolute atomic E-state index is 13.2. The van der Waals surface area contributed by atoms with Gasteiger partial charge in [-0.2, -0.15) is 0 Å². The highest BCUT2D eigenvalue weighted by Gasteiger charge is 2.16. The zero-order valence-electron chi connectivity index (χ0n) is 14.5. The van der Waals surface area contributed by atoms with Gasteiger partial charge in [0, 0.05) is 12.6 Å². The molecule has 0 atom stereocenters. The Morgan fingerprint density at radius 1 is 1.41 bits per heavy atom. The molecule has 0 spiro atoms. The molecule has 1 N–H and O–H groups in total. The first-order valence-electron chi connectivity index (χ1n) is 8.30. The van der Waals surface area contributed by atoms with E-state index < -0.39 is 5.82 Å². The van der Waals surface area contributed by atoms with Gasteiger partial charge in [-0.05, 0) is 30.0 Å². The first kappa shape index (κ1) is 19.3. The van der Waals surface area contributed by atoms with Crippen LogP contribution in [0.1, 0.15) is 19.2 Å². The second kappa shape index (κ2) is 8.49. The van der Waals surface area contributed by atoms with Crippen molar-refractivity contribution in [1.82, 2.24) is 14.9 Å². The summed E-state index contributed by atoms with van der Waals surface area (Å²) in [6, 6.07) is 5.67. The van der Waals surface area contributed by atoms with Crippen molar-refractivity contribution >= 4 is 39.1 Å². The number of hydrogen-bond acceptors (Lipinski definition) is 5. The Labute approximate surface area is 163 Å². The van der Waals surface area contributed by atoms with Gasteiger partial charge in [-0.25, -0.2) is 9.37 Å². The van der Waals surface area contributed by atoms with Crippen molar-refractivity contribution in [2.24, 2.45) is 0 Å². The molecule has 0 saturated heterocycles. The molecule has 2 heterocycles. The van der Waals surface area contributed by atoms with Crippen LogP contribution in [0.3, 0.4) is 0 Å². The van der Waals surface area contributed by atoms with Crippen LogP contribution in [0, 0.1) is 5.82 Å². The number of rotatable bonds is 7. The fraction of sp³-hybridized carbons (Fsp3) is 0.278. The molecule has 0 bridgehead atoms. The molecule has 3 rings (SSSR count). The van der Waals surface area contributed by atoms with E-state index in [2.05, 4.69) is 9.97 Å². The number of carbonyl (C=O) groups excluding carboxylic acids is 1. The van der Waals surface area contributed by atoms with Crippen LogP contribution in [-0.2, 0) is 11.3 Å². The SMILES string of the molecule is CCCN(Cc1nc2ccsc2c(=O)[nH]1)C(=O)COc1ccc(F)c(Cl)c1. The minimum Gasteiger partial charge on any atom is -0.484 e. The largest absolute Gasteiger partial charge is 0.484 e. The molecule has 3 aromatic rings. The van der Waals surface area contributed by atoms with E-state index >= 15 is 0 Å². The minimum atomic E-state index is -0.554. The van der Waals surface area contributed by atoms with E-state index in [-0.39, 0.29) is 29.6 Å². The van der Waals surface area contributed by atoms with Crippen molar-refractivity contribution in [1.29, 1.82) is 0 Å². The number of aromatic amines is 1. The Bertz CT molecular complexity index is 1020. The molecule has 2 aromatic heterocycles. The van der Waals surface area contributed by atoms with E-state index in [9.17, 15) is 14.0 Å². The predicted octanol–water partition coefficient (Wildman–Crippen LogP) is 3.59. The topological polar surface area (TPSA) is 75.3 Å². The smallest absolute Gasteiger partial charge is 0.268 e. The van der Waals surface area contributed by atoms with Gasteiger partial charge in [-0.15, -0.1) is 11.3 Å². The van der Waals surface area contributed by atoms with Crippen LogP contribution < -0.4 is 10.3 Å². The van der Waals surface area contributed by atoms with Crippen molar-refractivity contribution in [2.75, 3.05) is 13.2 Å². The summed E-state index contributed by atoms with van der Waals surface area (Å²) in [6.07, 6.45) is 0.735. The monoisotopic (exact) mass is 409 g/mol. The summed E-state index contributed by atoms with van der Waals surface area (Å²) >= 11 is 7.03. The number of ether oxygens (including phenoxy) is 1. The molecule has 0 fully saturated rings. The molecule has 142 valence electrons. The molecule has 0 saturated carbocycles. The van der Waals surface area contributed by atoms with E-state index in [1.165, 1.54) is 29.5 Å². The van der Waals surface area contributed by atoms with E-state index in [1.807, 2.05) is 6.92 Å². The maximum Gasteiger partial charge on any atom is 0.268 e. The average Bonchev–Trinajstić information content (AvgIpc) is 3.11. The number of H-pyrrole nitrogens is 1. The first-order valence-corrected chi connectivity index (χ1v) is 9.55. The van der Waals surface area contributed by atoms with Crippen LogP contribution in [0.25, 0.3) is 10.2 Å². The van der Waals surface area contributed by atoms with Gasteiger partial charge in [0.25, 0.3) is 11.5 Å². The highest BCUT2D eigenvalue weighted by molar-refractivity contribution is 7.17. The van der Waals surface area contributed by atoms with Gasteiger partial charge in [0.1, 0.15) is 22.1 Å². The molecule has 0 unspecified atom stereocenters. The molecule has 0 aliphatic heterocycles. The molecule has 27 heavy (non-hydrogen) atoms. The lowest BCUT2D eigenvalue weighted by Gasteiger charge is -2.21. The molecule has 0 aliphatic rings. The van der Waals surface area contributed by atoms with Crippen LogP contribution in [0.2, 0.25) is 5.02 Å². The number of hydrogen-bond donors (Lipinski definition) is 1. The van der Waals surface area contributed by atoms with Crippen LogP contribution in [0.4, 0.5) is 4.39 Å². The summed E-state index contributed by atoms with van der Waals surface area (Å²) < 4.78 is 19.2. The highest BCUT2D eigenvalue weighted by atomic mass is 35.5. The Morgan fingerprint density at radius 2 is 2.22 bits per heavy atom. The lowest BCUT2D eigenvalue weighted by molar-refractivity contribution is -0.134. The summed E-state index contributed by atoms with van der Waals surface area (Å²) in [6.45, 7) is 2.37. The Morgan fingerprint density at radius 3 is 2.96 bits per heavy atom. The molecule has 1 aromatic carbocycles. The second-order valence-electron chi connectivity index (χ2n) is 5.83. The number of halogens is 2. The molecular formula is C18H17ClFN3O3S. The van der Waals surface area contributed by atoms with Gasteiger partial charge in [0.15, 0.2) is 6.61 Å². The number of fused-ring (bicyclic) bond motifs is 1. The Kier molecular flexibility index (Phi) is 6.08. The predicted molar refractivity (Wildman–Crippen MR) is 103 cm³/mol. The number of nitrogens with zero attached hydrogens (tertiary/aromatic N) is 2. The summed E-state index contributed by atoms with van der Waals surface area (Å²) in [5.74, 6) is -0.109. The summed E-state index contributed by atoms with van der Waals surface area (Å²) in [7, 11) is 0. The number of nitrogens with one attached hydrogen (secondary N) is 1. The molecule has 1 amide bonds. The quantitative estimate of drug-likeness (QED) is 0.647. The standard InChI is InChI=1S/C18H17ClFN3O3S/c1-2-6-23(9-15-21-14-5-7-27-17(14)18(25)22-15)16(24)10-26-11-3-4-13(20)12(19)8-11/h3-5,7-8H,2,6,9-10H2,1H3,(H,21,22,25). The van der Waals surface area contributed by atoms with Crippen LogP contribution in [-0.4, -0.2) is 33.9 Å². The Hall–Kier alpha value is -2.45. The summed E-state index contributed by atoms with van der Waals surface area (Å²) in [5, 5.41) is 1.73. The van der Waals surface area contributed by atoms with Gasteiger partial charge in [-0.1, -0.05) is 18.5 Å². The Balaban J connectivity index is 1.70. The van der Waals surface area contributed by atoms with E-state index in [0.717, 1.165) is 6.42 Å². The molecule has 6 nitrogen and oxygen atoms in total. The lowest BCUT2D eigenvalue weighted by atomic mass is 10.3. The number of amides is 1. The number of thiophene rings is 1. The third-order valence-electron chi connectivity index (χ3n) is 3.80. The van der Waals surface area contributed by atoms with Gasteiger partial charge >= 0.3 is 0 Å². The lowest BCUT2D eigenvalue weighted by Crippen LogP contribution is -2.36. The summed E-state index contributed by atoms with van der Waals surface area (Å²) in [4.78, 5) is 33.3. The molecule has 9 heteroatoms. The molecule has 0 radical (unpaired) electrons. The molecular weight excluding hydrogens is 393 g/mol. The van der Waals surface area contributed by atoms with Crippen LogP contribution in [0.15, 0.2) is 34.4 Å². The zero-order valence-corrected chi connectivity index (χ0v) is 16.1. The zero-order chi connectivity index (χ0) is 19.4. The van der Waals surface area contributed by atoms with Gasteiger partial charge in [0.2, 0.25) is 0 Å². The molecule has 0 aliphatic carbocycles. The first-order chi connectivity index (χ1) is 13.0. The van der Waals surface area contributed by atoms with Crippen molar-refractivity contribution in [3.8, 4) is 5.75 Å². The fourth-order valence-electron chi connectivity index (χ4n) is 2.54. The van der Waals surface area contributed by atoms with Crippen LogP contribution in [0.5, 0.6) is 5.75 Å². The third kappa shape index (κ3) is 4.64. The van der Waals surface area contributed by atoms with E-state index in [1.54, 1.807) is 16.3 Å². The third-order valence-corrected chi connectivity index (χ3v) is 5.00. The normalized spacial score (nSPS) is 10.9. The number of aromatic nitrogens is 2. The minimum absolute atomic E-state index is 0.0730. The fourth-order valence-corrected chi connectivity index (χ4v) is 3.44. The number of benzene rings is 1. The van der Waals surface area contributed by atoms with Crippen molar-refractivity contribution < 1.29 is 13.9 Å². The van der Waals surface area contributed by atoms with Gasteiger partial charge in [-0.3, -0.25) is 9.59 Å². The maximum atomic E-state index is 13.2. The van der Waals surface area contributed by atoms with Crippen molar-refractivity contribution in [3.63, 3.8) is 0 Å². The van der Waals surface area contributed by atoms with Crippen molar-refractivity contribution in [3.05, 3.63) is 56.7 Å². The second-order valence-corrected chi connectivity index (χ2v) is 7.15. The highest BCUT2D eigenvalue weighted by Crippen LogP contribution is 2.21. The number of carbonyl (C=O) groups is 1. The van der Waals surface area contributed by atoms with E-state index in [4.69, 9.17) is 16.3 Å². The average molecular weight is 410 g/mol. The van der Waals surface area contributed by atoms with Gasteiger partial charge < -0.3 is 14.6 Å². The summed E-state index contributed by atoms with van der Waals surface area (Å²) in [5.41, 5.74) is 0.394.